The van der Waals surface area contributed by atoms with Gasteiger partial charge in [0.25, 0.3) is 0 Å². The summed E-state index contributed by atoms with van der Waals surface area (Å²) < 4.78 is 0. The van der Waals surface area contributed by atoms with Gasteiger partial charge >= 0.3 is 0 Å². The third kappa shape index (κ3) is 2.59. The molecule has 0 aromatic carbocycles. The molecule has 0 saturated carbocycles. The van der Waals surface area contributed by atoms with Crippen LogP contribution in [0.4, 0.5) is 16.9 Å². The Balaban J connectivity index is 1.91. The van der Waals surface area contributed by atoms with E-state index in [1.54, 1.807) is 11.3 Å². The van der Waals surface area contributed by atoms with Crippen LogP contribution in [-0.2, 0) is 13.0 Å². The van der Waals surface area contributed by atoms with Gasteiger partial charge in [-0.05, 0) is 5.92 Å². The van der Waals surface area contributed by atoms with Crippen LogP contribution in [-0.4, -0.2) is 21.5 Å². The molecule has 4 N–H and O–H groups in total. The van der Waals surface area contributed by atoms with Gasteiger partial charge in [0.2, 0.25) is 5.95 Å². The van der Waals surface area contributed by atoms with Crippen molar-refractivity contribution in [3.05, 3.63) is 22.3 Å². The summed E-state index contributed by atoms with van der Waals surface area (Å²) in [6, 6.07) is 0. The van der Waals surface area contributed by atoms with E-state index in [1.165, 1.54) is 0 Å². The van der Waals surface area contributed by atoms with Crippen molar-refractivity contribution in [2.24, 2.45) is 0 Å². The summed E-state index contributed by atoms with van der Waals surface area (Å²) in [6.45, 7) is 5.96. The van der Waals surface area contributed by atoms with Crippen molar-refractivity contribution in [2.45, 2.75) is 32.7 Å². The SMILES string of the molecule is CC(C)c1csc(Nc2nc(N)nc3c2CNCC3)n1. The zero-order chi connectivity index (χ0) is 14.1. The Morgan fingerprint density at radius 1 is 1.35 bits per heavy atom. The summed E-state index contributed by atoms with van der Waals surface area (Å²) in [4.78, 5) is 13.2. The van der Waals surface area contributed by atoms with Gasteiger partial charge in [-0.25, -0.2) is 9.97 Å². The molecule has 0 radical (unpaired) electrons. The molecular weight excluding hydrogens is 272 g/mol. The molecule has 0 aliphatic carbocycles. The minimum absolute atomic E-state index is 0.314. The topological polar surface area (TPSA) is 88.8 Å². The first-order valence-corrected chi connectivity index (χ1v) is 7.60. The van der Waals surface area contributed by atoms with Crippen molar-refractivity contribution < 1.29 is 0 Å². The number of anilines is 3. The third-order valence-electron chi connectivity index (χ3n) is 3.29. The van der Waals surface area contributed by atoms with Gasteiger partial charge in [-0.2, -0.15) is 4.98 Å². The summed E-state index contributed by atoms with van der Waals surface area (Å²) in [5.41, 5.74) is 9.00. The maximum Gasteiger partial charge on any atom is 0.222 e. The molecule has 1 aliphatic heterocycles. The van der Waals surface area contributed by atoms with Gasteiger partial charge in [0.15, 0.2) is 5.13 Å². The Morgan fingerprint density at radius 2 is 2.20 bits per heavy atom. The van der Waals surface area contributed by atoms with E-state index < -0.39 is 0 Å². The normalized spacial score (nSPS) is 14.3. The minimum atomic E-state index is 0.314. The first-order chi connectivity index (χ1) is 9.63. The molecule has 0 bridgehead atoms. The fraction of sp³-hybridized carbons (Fsp3) is 0.462. The van der Waals surface area contributed by atoms with Gasteiger partial charge < -0.3 is 16.4 Å². The standard InChI is InChI=1S/C13H18N6S/c1-7(2)10-6-20-13(17-10)19-11-8-5-15-4-3-9(8)16-12(14)18-11/h6-7,15H,3-5H2,1-2H3,(H3,14,16,17,18,19). The first kappa shape index (κ1) is 13.3. The Labute approximate surface area is 121 Å². The fourth-order valence-electron chi connectivity index (χ4n) is 2.18. The van der Waals surface area contributed by atoms with Crippen LogP contribution in [0.2, 0.25) is 0 Å². The maximum atomic E-state index is 5.79. The van der Waals surface area contributed by atoms with E-state index in [0.717, 1.165) is 47.4 Å². The lowest BCUT2D eigenvalue weighted by Gasteiger charge is -2.19. The second-order valence-corrected chi connectivity index (χ2v) is 6.00. The lowest BCUT2D eigenvalue weighted by Crippen LogP contribution is -2.26. The molecule has 2 aromatic rings. The average molecular weight is 290 g/mol. The van der Waals surface area contributed by atoms with E-state index in [2.05, 4.69) is 44.8 Å². The second kappa shape index (κ2) is 5.34. The molecule has 0 amide bonds. The van der Waals surface area contributed by atoms with Crippen molar-refractivity contribution in [3.63, 3.8) is 0 Å². The van der Waals surface area contributed by atoms with Crippen LogP contribution in [0.15, 0.2) is 5.38 Å². The predicted molar refractivity (Wildman–Crippen MR) is 81.3 cm³/mol. The van der Waals surface area contributed by atoms with Crippen LogP contribution in [0.5, 0.6) is 0 Å². The Bertz CT molecular complexity index is 621. The molecule has 0 unspecified atom stereocenters. The molecule has 0 spiro atoms. The average Bonchev–Trinajstić information content (AvgIpc) is 2.87. The van der Waals surface area contributed by atoms with Crippen molar-refractivity contribution in [3.8, 4) is 0 Å². The smallest absolute Gasteiger partial charge is 0.222 e. The molecule has 0 atom stereocenters. The van der Waals surface area contributed by atoms with Crippen LogP contribution in [0.1, 0.15) is 36.7 Å². The number of nitrogens with one attached hydrogen (secondary N) is 2. The predicted octanol–water partition coefficient (Wildman–Crippen LogP) is 2.03. The molecule has 0 fully saturated rings. The highest BCUT2D eigenvalue weighted by molar-refractivity contribution is 7.13. The van der Waals surface area contributed by atoms with E-state index in [1.807, 2.05) is 0 Å². The van der Waals surface area contributed by atoms with E-state index >= 15 is 0 Å². The number of aromatic nitrogens is 3. The quantitative estimate of drug-likeness (QED) is 0.801. The molecule has 106 valence electrons. The molecule has 20 heavy (non-hydrogen) atoms. The van der Waals surface area contributed by atoms with E-state index in [9.17, 15) is 0 Å². The largest absolute Gasteiger partial charge is 0.368 e. The fourth-order valence-corrected chi connectivity index (χ4v) is 3.05. The third-order valence-corrected chi connectivity index (χ3v) is 4.07. The van der Waals surface area contributed by atoms with E-state index in [-0.39, 0.29) is 0 Å². The Morgan fingerprint density at radius 3 is 2.95 bits per heavy atom. The number of rotatable bonds is 3. The highest BCUT2D eigenvalue weighted by Gasteiger charge is 2.17. The Kier molecular flexibility index (Phi) is 3.54. The zero-order valence-electron chi connectivity index (χ0n) is 11.6. The monoisotopic (exact) mass is 290 g/mol. The summed E-state index contributed by atoms with van der Waals surface area (Å²) in [6.07, 6.45) is 0.881. The number of nitrogens with zero attached hydrogens (tertiary/aromatic N) is 3. The highest BCUT2D eigenvalue weighted by atomic mass is 32.1. The highest BCUT2D eigenvalue weighted by Crippen LogP contribution is 2.27. The van der Waals surface area contributed by atoms with Crippen molar-refractivity contribution >= 4 is 28.2 Å². The summed E-state index contributed by atoms with van der Waals surface area (Å²) in [5.74, 6) is 1.51. The molecule has 2 aromatic heterocycles. The van der Waals surface area contributed by atoms with Crippen molar-refractivity contribution in [2.75, 3.05) is 17.6 Å². The van der Waals surface area contributed by atoms with Gasteiger partial charge in [-0.1, -0.05) is 13.8 Å². The van der Waals surface area contributed by atoms with Gasteiger partial charge in [0.05, 0.1) is 11.4 Å². The van der Waals surface area contributed by atoms with E-state index in [0.29, 0.717) is 11.9 Å². The zero-order valence-corrected chi connectivity index (χ0v) is 12.4. The number of nitrogen functional groups attached to an aromatic ring is 1. The van der Waals surface area contributed by atoms with Crippen LogP contribution in [0, 0.1) is 0 Å². The number of fused-ring (bicyclic) bond motifs is 1. The molecule has 3 heterocycles. The molecule has 1 aliphatic rings. The summed E-state index contributed by atoms with van der Waals surface area (Å²) >= 11 is 1.59. The summed E-state index contributed by atoms with van der Waals surface area (Å²) in [5, 5.41) is 9.54. The lowest BCUT2D eigenvalue weighted by atomic mass is 10.1. The number of hydrogen-bond donors (Lipinski definition) is 3. The summed E-state index contributed by atoms with van der Waals surface area (Å²) in [7, 11) is 0. The van der Waals surface area contributed by atoms with Gasteiger partial charge in [-0.3, -0.25) is 0 Å². The molecular formula is C13H18N6S. The first-order valence-electron chi connectivity index (χ1n) is 6.72. The number of hydrogen-bond acceptors (Lipinski definition) is 7. The lowest BCUT2D eigenvalue weighted by molar-refractivity contribution is 0.629. The Hall–Kier alpha value is -1.73. The van der Waals surface area contributed by atoms with E-state index in [4.69, 9.17) is 5.73 Å². The minimum Gasteiger partial charge on any atom is -0.368 e. The molecule has 3 rings (SSSR count). The molecule has 7 heteroatoms. The van der Waals surface area contributed by atoms with Crippen molar-refractivity contribution in [1.29, 1.82) is 0 Å². The van der Waals surface area contributed by atoms with Crippen molar-refractivity contribution in [1.82, 2.24) is 20.3 Å². The molecule has 0 saturated heterocycles. The maximum absolute atomic E-state index is 5.79. The van der Waals surface area contributed by atoms with Crippen LogP contribution < -0.4 is 16.4 Å². The van der Waals surface area contributed by atoms with Crippen LogP contribution in [0.3, 0.4) is 0 Å². The van der Waals surface area contributed by atoms with Crippen LogP contribution in [0.25, 0.3) is 0 Å². The van der Waals surface area contributed by atoms with Crippen LogP contribution >= 0.6 is 11.3 Å². The van der Waals surface area contributed by atoms with Gasteiger partial charge in [0, 0.05) is 30.5 Å². The number of nitrogens with two attached hydrogens (primary N) is 1. The molecule has 6 nitrogen and oxygen atoms in total. The second-order valence-electron chi connectivity index (χ2n) is 5.14. The van der Waals surface area contributed by atoms with Gasteiger partial charge in [0.1, 0.15) is 5.82 Å². The number of thiazole rings is 1. The van der Waals surface area contributed by atoms with Gasteiger partial charge in [-0.15, -0.1) is 11.3 Å².